The van der Waals surface area contributed by atoms with Crippen LogP contribution >= 0.6 is 38.9 Å². The minimum absolute atomic E-state index is 0.482. The van der Waals surface area contributed by atoms with Crippen molar-refractivity contribution in [3.63, 3.8) is 0 Å². The minimum atomic E-state index is 0.482. The summed E-state index contributed by atoms with van der Waals surface area (Å²) >= 11 is 10.5. The van der Waals surface area contributed by atoms with E-state index in [0.717, 1.165) is 8.62 Å². The Bertz CT molecular complexity index is 400. The standard InChI is InChI=1S/C6H2BrClN2S/c7-6-10-5-3(11-6)1-2-4(8)9-5/h1-2H. The summed E-state index contributed by atoms with van der Waals surface area (Å²) in [5, 5.41) is 0.482. The molecular weight excluding hydrogens is 248 g/mol. The monoisotopic (exact) mass is 248 g/mol. The first kappa shape index (κ1) is 7.46. The Hall–Kier alpha value is -0.190. The van der Waals surface area contributed by atoms with Gasteiger partial charge in [-0.3, -0.25) is 0 Å². The summed E-state index contributed by atoms with van der Waals surface area (Å²) in [6, 6.07) is 3.67. The van der Waals surface area contributed by atoms with Crippen LogP contribution in [0.15, 0.2) is 16.0 Å². The van der Waals surface area contributed by atoms with Gasteiger partial charge in [0.1, 0.15) is 5.15 Å². The van der Waals surface area contributed by atoms with E-state index in [-0.39, 0.29) is 0 Å². The van der Waals surface area contributed by atoms with Crippen LogP contribution in [0.5, 0.6) is 0 Å². The molecular formula is C6H2BrClN2S. The molecule has 0 saturated carbocycles. The second kappa shape index (κ2) is 2.69. The lowest BCUT2D eigenvalue weighted by Crippen LogP contribution is -1.75. The van der Waals surface area contributed by atoms with E-state index in [2.05, 4.69) is 25.9 Å². The first-order valence-electron chi connectivity index (χ1n) is 2.84. The zero-order valence-electron chi connectivity index (χ0n) is 5.21. The van der Waals surface area contributed by atoms with E-state index >= 15 is 0 Å². The van der Waals surface area contributed by atoms with Crippen LogP contribution < -0.4 is 0 Å². The van der Waals surface area contributed by atoms with Gasteiger partial charge >= 0.3 is 0 Å². The highest BCUT2D eigenvalue weighted by Crippen LogP contribution is 2.25. The Kier molecular flexibility index (Phi) is 1.83. The van der Waals surface area contributed by atoms with Crippen molar-refractivity contribution in [3.8, 4) is 0 Å². The number of thiazole rings is 1. The van der Waals surface area contributed by atoms with Crippen LogP contribution in [0.3, 0.4) is 0 Å². The Labute approximate surface area is 80.4 Å². The molecule has 0 bridgehead atoms. The summed E-state index contributed by atoms with van der Waals surface area (Å²) in [5.74, 6) is 0. The van der Waals surface area contributed by atoms with E-state index in [1.165, 1.54) is 0 Å². The summed E-state index contributed by atoms with van der Waals surface area (Å²) in [4.78, 5) is 8.14. The third kappa shape index (κ3) is 1.38. The van der Waals surface area contributed by atoms with Gasteiger partial charge in [0.05, 0.1) is 4.70 Å². The molecule has 5 heteroatoms. The summed E-state index contributed by atoms with van der Waals surface area (Å²) < 4.78 is 1.88. The third-order valence-electron chi connectivity index (χ3n) is 1.19. The summed E-state index contributed by atoms with van der Waals surface area (Å²) in [6.45, 7) is 0. The number of hydrogen-bond acceptors (Lipinski definition) is 3. The molecule has 0 atom stereocenters. The Balaban J connectivity index is 2.82. The van der Waals surface area contributed by atoms with Crippen molar-refractivity contribution < 1.29 is 0 Å². The average Bonchev–Trinajstić information content (AvgIpc) is 2.27. The molecule has 0 fully saturated rings. The fraction of sp³-hybridized carbons (Fsp3) is 0. The highest BCUT2D eigenvalue weighted by molar-refractivity contribution is 9.11. The number of hydrogen-bond donors (Lipinski definition) is 0. The molecule has 2 nitrogen and oxygen atoms in total. The lowest BCUT2D eigenvalue weighted by Gasteiger charge is -1.85. The van der Waals surface area contributed by atoms with E-state index in [4.69, 9.17) is 11.6 Å². The van der Waals surface area contributed by atoms with E-state index in [0.29, 0.717) is 10.8 Å². The molecule has 0 radical (unpaired) electrons. The molecule has 0 unspecified atom stereocenters. The molecule has 2 heterocycles. The molecule has 0 saturated heterocycles. The van der Waals surface area contributed by atoms with Crippen LogP contribution in [0.1, 0.15) is 0 Å². The van der Waals surface area contributed by atoms with Gasteiger partial charge in [0.15, 0.2) is 9.56 Å². The predicted octanol–water partition coefficient (Wildman–Crippen LogP) is 3.11. The normalized spacial score (nSPS) is 10.7. The van der Waals surface area contributed by atoms with Gasteiger partial charge in [0.25, 0.3) is 0 Å². The van der Waals surface area contributed by atoms with Crippen LogP contribution in [-0.4, -0.2) is 9.97 Å². The van der Waals surface area contributed by atoms with Crippen molar-refractivity contribution in [2.45, 2.75) is 0 Å². The van der Waals surface area contributed by atoms with Crippen LogP contribution in [0, 0.1) is 0 Å². The number of aromatic nitrogens is 2. The molecule has 0 aromatic carbocycles. The number of nitrogens with zero attached hydrogens (tertiary/aromatic N) is 2. The van der Waals surface area contributed by atoms with Crippen molar-refractivity contribution in [1.29, 1.82) is 0 Å². The molecule has 2 aromatic heterocycles. The smallest absolute Gasteiger partial charge is 0.173 e. The highest BCUT2D eigenvalue weighted by Gasteiger charge is 2.01. The van der Waals surface area contributed by atoms with Gasteiger partial charge in [-0.1, -0.05) is 11.6 Å². The molecule has 2 aromatic rings. The van der Waals surface area contributed by atoms with E-state index < -0.39 is 0 Å². The summed E-state index contributed by atoms with van der Waals surface area (Å²) in [6.07, 6.45) is 0. The van der Waals surface area contributed by atoms with Crippen molar-refractivity contribution in [3.05, 3.63) is 21.2 Å². The summed E-state index contributed by atoms with van der Waals surface area (Å²) in [7, 11) is 0. The minimum Gasteiger partial charge on any atom is -0.215 e. The molecule has 56 valence electrons. The Morgan fingerprint density at radius 2 is 2.18 bits per heavy atom. The topological polar surface area (TPSA) is 25.8 Å². The molecule has 0 aliphatic rings. The molecule has 0 aliphatic carbocycles. The van der Waals surface area contributed by atoms with E-state index in [9.17, 15) is 0 Å². The average molecular weight is 250 g/mol. The number of rotatable bonds is 0. The zero-order chi connectivity index (χ0) is 7.84. The molecule has 11 heavy (non-hydrogen) atoms. The SMILES string of the molecule is Clc1ccc2sc(Br)nc2n1. The molecule has 0 amide bonds. The maximum atomic E-state index is 5.67. The van der Waals surface area contributed by atoms with Gasteiger partial charge in [-0.2, -0.15) is 0 Å². The van der Waals surface area contributed by atoms with Crippen LogP contribution in [0.2, 0.25) is 5.15 Å². The van der Waals surface area contributed by atoms with Gasteiger partial charge < -0.3 is 0 Å². The predicted molar refractivity (Wildman–Crippen MR) is 50.1 cm³/mol. The molecule has 0 spiro atoms. The Morgan fingerprint density at radius 3 is 3.00 bits per heavy atom. The van der Waals surface area contributed by atoms with Gasteiger partial charge in [-0.05, 0) is 28.1 Å². The number of pyridine rings is 1. The Morgan fingerprint density at radius 1 is 1.36 bits per heavy atom. The van der Waals surface area contributed by atoms with Crippen LogP contribution in [-0.2, 0) is 0 Å². The number of halogens is 2. The molecule has 0 N–H and O–H groups in total. The fourth-order valence-corrected chi connectivity index (χ4v) is 2.24. The van der Waals surface area contributed by atoms with Crippen molar-refractivity contribution >= 4 is 49.2 Å². The quantitative estimate of drug-likeness (QED) is 0.671. The van der Waals surface area contributed by atoms with Crippen molar-refractivity contribution in [2.24, 2.45) is 0 Å². The van der Waals surface area contributed by atoms with Gasteiger partial charge in [-0.25, -0.2) is 9.97 Å². The van der Waals surface area contributed by atoms with Gasteiger partial charge in [0.2, 0.25) is 0 Å². The third-order valence-corrected chi connectivity index (χ3v) is 2.87. The molecule has 0 aliphatic heterocycles. The van der Waals surface area contributed by atoms with E-state index in [1.54, 1.807) is 17.4 Å². The van der Waals surface area contributed by atoms with E-state index in [1.807, 2.05) is 6.07 Å². The van der Waals surface area contributed by atoms with Gasteiger partial charge in [0, 0.05) is 0 Å². The lowest BCUT2D eigenvalue weighted by atomic mass is 10.5. The maximum absolute atomic E-state index is 5.67. The highest BCUT2D eigenvalue weighted by atomic mass is 79.9. The first-order chi connectivity index (χ1) is 5.25. The van der Waals surface area contributed by atoms with Crippen molar-refractivity contribution in [2.75, 3.05) is 0 Å². The second-order valence-electron chi connectivity index (χ2n) is 1.92. The number of fused-ring (bicyclic) bond motifs is 1. The fourth-order valence-electron chi connectivity index (χ4n) is 0.769. The maximum Gasteiger partial charge on any atom is 0.173 e. The zero-order valence-corrected chi connectivity index (χ0v) is 8.37. The summed E-state index contributed by atoms with van der Waals surface area (Å²) in [5.41, 5.74) is 0.703. The van der Waals surface area contributed by atoms with Crippen LogP contribution in [0.4, 0.5) is 0 Å². The first-order valence-corrected chi connectivity index (χ1v) is 4.83. The van der Waals surface area contributed by atoms with Crippen molar-refractivity contribution in [1.82, 2.24) is 9.97 Å². The lowest BCUT2D eigenvalue weighted by molar-refractivity contribution is 1.31. The molecule has 2 rings (SSSR count). The van der Waals surface area contributed by atoms with Crippen LogP contribution in [0.25, 0.3) is 10.3 Å². The largest absolute Gasteiger partial charge is 0.215 e. The second-order valence-corrected chi connectivity index (χ2v) is 4.62. The van der Waals surface area contributed by atoms with Gasteiger partial charge in [-0.15, -0.1) is 11.3 Å².